The summed E-state index contributed by atoms with van der Waals surface area (Å²) in [5, 5.41) is 13.3. The van der Waals surface area contributed by atoms with Gasteiger partial charge in [-0.1, -0.05) is 0 Å². The quantitative estimate of drug-likeness (QED) is 0.662. The molecule has 1 unspecified atom stereocenters. The Morgan fingerprint density at radius 2 is 2.07 bits per heavy atom. The summed E-state index contributed by atoms with van der Waals surface area (Å²) in [6.45, 7) is 2.50. The minimum absolute atomic E-state index is 0.0965. The summed E-state index contributed by atoms with van der Waals surface area (Å²) in [5.74, 6) is 1.21. The molecule has 0 spiro atoms. The van der Waals surface area contributed by atoms with Crippen molar-refractivity contribution in [2.75, 3.05) is 20.2 Å². The van der Waals surface area contributed by atoms with Gasteiger partial charge in [-0.3, -0.25) is 14.4 Å². The topological polar surface area (TPSA) is 85.4 Å². The van der Waals surface area contributed by atoms with Gasteiger partial charge in [0.05, 0.1) is 13.7 Å². The summed E-state index contributed by atoms with van der Waals surface area (Å²) in [5.41, 5.74) is 2.04. The predicted octanol–water partition coefficient (Wildman–Crippen LogP) is 2.54. The number of carboxylic acid groups (broad SMARTS) is 1. The van der Waals surface area contributed by atoms with E-state index in [1.807, 2.05) is 42.7 Å². The molecule has 1 saturated heterocycles. The fraction of sp³-hybridized carbons (Fsp3) is 0.381. The monoisotopic (exact) mass is 395 g/mol. The third-order valence-electron chi connectivity index (χ3n) is 5.39. The molecule has 1 aliphatic heterocycles. The zero-order chi connectivity index (χ0) is 20.2. The molecule has 4 rings (SSSR count). The maximum Gasteiger partial charge on any atom is 0.325 e. The maximum absolute atomic E-state index is 11.1. The molecule has 0 amide bonds. The van der Waals surface area contributed by atoms with Crippen molar-refractivity contribution in [1.82, 2.24) is 24.2 Å². The van der Waals surface area contributed by atoms with Crippen molar-refractivity contribution in [3.05, 3.63) is 60.4 Å². The largest absolute Gasteiger partial charge is 0.497 e. The molecule has 1 aliphatic rings. The van der Waals surface area contributed by atoms with Crippen LogP contribution in [0, 0.1) is 0 Å². The van der Waals surface area contributed by atoms with Crippen LogP contribution in [0.2, 0.25) is 0 Å². The average Bonchev–Trinajstić information content (AvgIpc) is 3.37. The van der Waals surface area contributed by atoms with E-state index in [1.54, 1.807) is 18.0 Å². The lowest BCUT2D eigenvalue weighted by Crippen LogP contribution is -2.35. The normalized spacial score (nSPS) is 17.3. The molecule has 0 radical (unpaired) electrons. The first kappa shape index (κ1) is 19.2. The van der Waals surface area contributed by atoms with Gasteiger partial charge < -0.3 is 14.4 Å². The van der Waals surface area contributed by atoms with Crippen molar-refractivity contribution in [3.63, 3.8) is 0 Å². The smallest absolute Gasteiger partial charge is 0.325 e. The molecular formula is C21H25N5O3. The number of ether oxygens (including phenoxy) is 1. The van der Waals surface area contributed by atoms with Crippen molar-refractivity contribution < 1.29 is 14.6 Å². The highest BCUT2D eigenvalue weighted by molar-refractivity contribution is 5.66. The van der Waals surface area contributed by atoms with Crippen LogP contribution in [-0.4, -0.2) is 55.5 Å². The number of rotatable bonds is 7. The number of carbonyl (C=O) groups is 1. The van der Waals surface area contributed by atoms with Gasteiger partial charge in [0.15, 0.2) is 0 Å². The van der Waals surface area contributed by atoms with Gasteiger partial charge in [0, 0.05) is 42.4 Å². The highest BCUT2D eigenvalue weighted by Gasteiger charge is 2.25. The fourth-order valence-corrected chi connectivity index (χ4v) is 4.02. The fourth-order valence-electron chi connectivity index (χ4n) is 4.02. The number of aliphatic carboxylic acids is 1. The number of carboxylic acids is 1. The number of nitrogens with zero attached hydrogens (tertiary/aromatic N) is 5. The van der Waals surface area contributed by atoms with Crippen molar-refractivity contribution in [1.29, 1.82) is 0 Å². The minimum atomic E-state index is -0.871. The van der Waals surface area contributed by atoms with Crippen LogP contribution in [0.4, 0.5) is 0 Å². The Labute approximate surface area is 169 Å². The van der Waals surface area contributed by atoms with E-state index < -0.39 is 5.97 Å². The summed E-state index contributed by atoms with van der Waals surface area (Å²) in [7, 11) is 1.66. The minimum Gasteiger partial charge on any atom is -0.497 e. The van der Waals surface area contributed by atoms with Gasteiger partial charge in [-0.2, -0.15) is 5.10 Å². The van der Waals surface area contributed by atoms with Crippen LogP contribution in [-0.2, 0) is 17.9 Å². The predicted molar refractivity (Wildman–Crippen MR) is 107 cm³/mol. The van der Waals surface area contributed by atoms with Crippen LogP contribution in [0.1, 0.15) is 30.3 Å². The second-order valence-corrected chi connectivity index (χ2v) is 7.29. The van der Waals surface area contributed by atoms with E-state index in [4.69, 9.17) is 9.84 Å². The lowest BCUT2D eigenvalue weighted by molar-refractivity contribution is -0.137. The standard InChI is InChI=1S/C21H25N5O3/c1-29-18-6-4-17(5-7-18)25-12-10-22-20(25)14-24-11-2-3-16(13-24)19-8-9-23-26(19)15-21(27)28/h4-10,12,16H,2-3,11,13-15H2,1H3,(H,27,28). The number of imidazole rings is 1. The molecule has 8 heteroatoms. The van der Waals surface area contributed by atoms with Crippen molar-refractivity contribution >= 4 is 5.97 Å². The van der Waals surface area contributed by atoms with Crippen LogP contribution in [0.3, 0.4) is 0 Å². The van der Waals surface area contributed by atoms with Crippen LogP contribution in [0.5, 0.6) is 5.75 Å². The van der Waals surface area contributed by atoms with E-state index in [-0.39, 0.29) is 12.5 Å². The first-order valence-electron chi connectivity index (χ1n) is 9.76. The summed E-state index contributed by atoms with van der Waals surface area (Å²) in [6, 6.07) is 9.87. The Bertz CT molecular complexity index is 963. The molecule has 8 nitrogen and oxygen atoms in total. The van der Waals surface area contributed by atoms with Gasteiger partial charge in [0.25, 0.3) is 0 Å². The van der Waals surface area contributed by atoms with Gasteiger partial charge >= 0.3 is 5.97 Å². The summed E-state index contributed by atoms with van der Waals surface area (Å²) >= 11 is 0. The van der Waals surface area contributed by atoms with Crippen LogP contribution < -0.4 is 4.74 Å². The molecular weight excluding hydrogens is 370 g/mol. The lowest BCUT2D eigenvalue weighted by atomic mass is 9.94. The molecule has 1 fully saturated rings. The zero-order valence-corrected chi connectivity index (χ0v) is 16.4. The van der Waals surface area contributed by atoms with Gasteiger partial charge in [-0.15, -0.1) is 0 Å². The van der Waals surface area contributed by atoms with Crippen LogP contribution >= 0.6 is 0 Å². The molecule has 152 valence electrons. The Balaban J connectivity index is 1.47. The number of hydrogen-bond donors (Lipinski definition) is 1. The molecule has 0 saturated carbocycles. The van der Waals surface area contributed by atoms with Crippen molar-refractivity contribution in [3.8, 4) is 11.4 Å². The molecule has 3 heterocycles. The summed E-state index contributed by atoms with van der Waals surface area (Å²) < 4.78 is 8.94. The maximum atomic E-state index is 11.1. The first-order chi connectivity index (χ1) is 14.1. The lowest BCUT2D eigenvalue weighted by Gasteiger charge is -2.32. The average molecular weight is 395 g/mol. The number of piperidine rings is 1. The van der Waals surface area contributed by atoms with E-state index in [9.17, 15) is 4.79 Å². The van der Waals surface area contributed by atoms with E-state index in [2.05, 4.69) is 19.5 Å². The Kier molecular flexibility index (Phi) is 5.62. The van der Waals surface area contributed by atoms with E-state index in [0.717, 1.165) is 55.4 Å². The summed E-state index contributed by atoms with van der Waals surface area (Å²) in [6.07, 6.45) is 7.58. The second kappa shape index (κ2) is 8.48. The third kappa shape index (κ3) is 4.32. The number of aromatic nitrogens is 4. The number of benzene rings is 1. The number of likely N-dealkylation sites (tertiary alicyclic amines) is 1. The molecule has 3 aromatic rings. The molecule has 0 bridgehead atoms. The van der Waals surface area contributed by atoms with Crippen molar-refractivity contribution in [2.24, 2.45) is 0 Å². The number of methoxy groups -OCH3 is 1. The molecule has 0 aliphatic carbocycles. The van der Waals surface area contributed by atoms with Gasteiger partial charge in [-0.25, -0.2) is 4.98 Å². The second-order valence-electron chi connectivity index (χ2n) is 7.29. The summed E-state index contributed by atoms with van der Waals surface area (Å²) in [4.78, 5) is 18.1. The van der Waals surface area contributed by atoms with Gasteiger partial charge in [-0.05, 0) is 49.7 Å². The van der Waals surface area contributed by atoms with E-state index >= 15 is 0 Å². The Hall–Kier alpha value is -3.13. The number of hydrogen-bond acceptors (Lipinski definition) is 5. The molecule has 29 heavy (non-hydrogen) atoms. The SMILES string of the molecule is COc1ccc(-n2ccnc2CN2CCCC(c3ccnn3CC(=O)O)C2)cc1. The van der Waals surface area contributed by atoms with Crippen LogP contribution in [0.25, 0.3) is 5.69 Å². The van der Waals surface area contributed by atoms with Crippen LogP contribution in [0.15, 0.2) is 48.9 Å². The van der Waals surface area contributed by atoms with E-state index in [1.165, 1.54) is 0 Å². The first-order valence-corrected chi connectivity index (χ1v) is 9.76. The van der Waals surface area contributed by atoms with Crippen molar-refractivity contribution in [2.45, 2.75) is 31.8 Å². The Morgan fingerprint density at radius 1 is 1.24 bits per heavy atom. The zero-order valence-electron chi connectivity index (χ0n) is 16.4. The third-order valence-corrected chi connectivity index (χ3v) is 5.39. The highest BCUT2D eigenvalue weighted by atomic mass is 16.5. The van der Waals surface area contributed by atoms with E-state index in [0.29, 0.717) is 0 Å². The molecule has 1 aromatic carbocycles. The Morgan fingerprint density at radius 3 is 2.83 bits per heavy atom. The van der Waals surface area contributed by atoms with Gasteiger partial charge in [0.2, 0.25) is 0 Å². The molecule has 1 N–H and O–H groups in total. The molecule has 2 aromatic heterocycles. The highest BCUT2D eigenvalue weighted by Crippen LogP contribution is 2.28. The molecule has 1 atom stereocenters. The van der Waals surface area contributed by atoms with Gasteiger partial charge in [0.1, 0.15) is 18.1 Å².